The highest BCUT2D eigenvalue weighted by Crippen LogP contribution is 2.28. The fourth-order valence-corrected chi connectivity index (χ4v) is 1.24. The normalized spacial score (nSPS) is 15.3. The van der Waals surface area contributed by atoms with Gasteiger partial charge in [-0.3, -0.25) is 0 Å². The van der Waals surface area contributed by atoms with Crippen molar-refractivity contribution in [2.75, 3.05) is 12.4 Å². The van der Waals surface area contributed by atoms with Crippen LogP contribution in [0.15, 0.2) is 12.1 Å². The minimum atomic E-state index is 0.410. The van der Waals surface area contributed by atoms with Crippen LogP contribution in [0, 0.1) is 0 Å². The zero-order valence-electron chi connectivity index (χ0n) is 8.29. The summed E-state index contributed by atoms with van der Waals surface area (Å²) < 4.78 is 5.67. The Morgan fingerprint density at radius 2 is 2.36 bits per heavy atom. The molecule has 1 fully saturated rings. The first-order valence-corrected chi connectivity index (χ1v) is 4.87. The molecular weight excluding hydrogens is 178 g/mol. The molecular formula is C10H15N3O. The summed E-state index contributed by atoms with van der Waals surface area (Å²) in [6.07, 6.45) is 2.73. The van der Waals surface area contributed by atoms with Crippen molar-refractivity contribution in [1.82, 2.24) is 4.98 Å². The maximum Gasteiger partial charge on any atom is 0.129 e. The highest BCUT2D eigenvalue weighted by atomic mass is 16.5. The molecule has 1 aliphatic rings. The number of nitrogens with zero attached hydrogens (tertiary/aromatic N) is 1. The number of ether oxygens (including phenoxy) is 1. The maximum atomic E-state index is 5.67. The van der Waals surface area contributed by atoms with Gasteiger partial charge in [0.05, 0.1) is 11.8 Å². The molecule has 4 nitrogen and oxygen atoms in total. The molecule has 1 saturated carbocycles. The molecule has 2 rings (SSSR count). The van der Waals surface area contributed by atoms with E-state index >= 15 is 0 Å². The summed E-state index contributed by atoms with van der Waals surface area (Å²) in [5, 5.41) is 2.99. The van der Waals surface area contributed by atoms with Gasteiger partial charge >= 0.3 is 0 Å². The number of nitrogens with two attached hydrogens (primary N) is 1. The molecule has 1 aliphatic carbocycles. The van der Waals surface area contributed by atoms with Crippen molar-refractivity contribution >= 4 is 5.82 Å². The first kappa shape index (κ1) is 9.27. The van der Waals surface area contributed by atoms with Crippen LogP contribution >= 0.6 is 0 Å². The smallest absolute Gasteiger partial charge is 0.129 e. The lowest BCUT2D eigenvalue weighted by Gasteiger charge is -2.08. The SMILES string of the molecule is CNc1cc(OC2CC2)cc(CN)n1. The lowest BCUT2D eigenvalue weighted by atomic mass is 10.3. The van der Waals surface area contributed by atoms with E-state index in [9.17, 15) is 0 Å². The molecule has 0 saturated heterocycles. The summed E-state index contributed by atoms with van der Waals surface area (Å²) >= 11 is 0. The van der Waals surface area contributed by atoms with Gasteiger partial charge in [0.1, 0.15) is 11.6 Å². The van der Waals surface area contributed by atoms with Gasteiger partial charge in [-0.05, 0) is 12.8 Å². The van der Waals surface area contributed by atoms with Crippen molar-refractivity contribution < 1.29 is 4.74 Å². The van der Waals surface area contributed by atoms with Crippen LogP contribution in [-0.2, 0) is 6.54 Å². The Kier molecular flexibility index (Phi) is 2.54. The van der Waals surface area contributed by atoms with Gasteiger partial charge in [-0.15, -0.1) is 0 Å². The van der Waals surface area contributed by atoms with Crippen molar-refractivity contribution in [1.29, 1.82) is 0 Å². The molecule has 0 radical (unpaired) electrons. The van der Waals surface area contributed by atoms with Gasteiger partial charge in [0.15, 0.2) is 0 Å². The van der Waals surface area contributed by atoms with E-state index < -0.39 is 0 Å². The van der Waals surface area contributed by atoms with Gasteiger partial charge in [0.2, 0.25) is 0 Å². The Morgan fingerprint density at radius 3 is 2.93 bits per heavy atom. The first-order chi connectivity index (χ1) is 6.81. The fraction of sp³-hybridized carbons (Fsp3) is 0.500. The van der Waals surface area contributed by atoms with E-state index in [1.54, 1.807) is 0 Å². The highest BCUT2D eigenvalue weighted by molar-refractivity contribution is 5.42. The van der Waals surface area contributed by atoms with E-state index in [0.29, 0.717) is 12.6 Å². The fourth-order valence-electron chi connectivity index (χ4n) is 1.24. The van der Waals surface area contributed by atoms with Crippen molar-refractivity contribution in [3.63, 3.8) is 0 Å². The molecule has 1 aromatic heterocycles. The van der Waals surface area contributed by atoms with E-state index in [-0.39, 0.29) is 0 Å². The minimum absolute atomic E-state index is 0.410. The zero-order chi connectivity index (χ0) is 9.97. The second-order valence-corrected chi connectivity index (χ2v) is 3.45. The Morgan fingerprint density at radius 1 is 1.57 bits per heavy atom. The highest BCUT2D eigenvalue weighted by Gasteiger charge is 2.23. The van der Waals surface area contributed by atoms with Crippen molar-refractivity contribution in [3.05, 3.63) is 17.8 Å². The van der Waals surface area contributed by atoms with Gasteiger partial charge in [0.25, 0.3) is 0 Å². The third-order valence-electron chi connectivity index (χ3n) is 2.14. The number of rotatable bonds is 4. The summed E-state index contributed by atoms with van der Waals surface area (Å²) in [5.41, 5.74) is 6.40. The van der Waals surface area contributed by atoms with Crippen LogP contribution in [0.2, 0.25) is 0 Å². The molecule has 0 bridgehead atoms. The molecule has 3 N–H and O–H groups in total. The Balaban J connectivity index is 2.19. The van der Waals surface area contributed by atoms with Crippen LogP contribution in [0.3, 0.4) is 0 Å². The molecule has 0 unspecified atom stereocenters. The molecule has 0 aliphatic heterocycles. The van der Waals surface area contributed by atoms with Crippen molar-refractivity contribution in [3.8, 4) is 5.75 Å². The van der Waals surface area contributed by atoms with Crippen LogP contribution in [-0.4, -0.2) is 18.1 Å². The van der Waals surface area contributed by atoms with Crippen LogP contribution in [0.25, 0.3) is 0 Å². The number of anilines is 1. The third kappa shape index (κ3) is 2.14. The molecule has 0 spiro atoms. The van der Waals surface area contributed by atoms with E-state index in [2.05, 4.69) is 10.3 Å². The molecule has 1 heterocycles. The quantitative estimate of drug-likeness (QED) is 0.752. The van der Waals surface area contributed by atoms with Crippen molar-refractivity contribution in [2.24, 2.45) is 5.73 Å². The average molecular weight is 193 g/mol. The standard InChI is InChI=1S/C10H15N3O/c1-12-10-5-9(14-8-2-3-8)4-7(6-11)13-10/h4-5,8H,2-3,6,11H2,1H3,(H,12,13). The summed E-state index contributed by atoms with van der Waals surface area (Å²) in [4.78, 5) is 4.28. The van der Waals surface area contributed by atoms with Gasteiger partial charge in [0, 0.05) is 25.7 Å². The summed E-state index contributed by atoms with van der Waals surface area (Å²) in [7, 11) is 1.84. The number of nitrogens with one attached hydrogen (secondary N) is 1. The van der Waals surface area contributed by atoms with Crippen LogP contribution in [0.4, 0.5) is 5.82 Å². The largest absolute Gasteiger partial charge is 0.490 e. The van der Waals surface area contributed by atoms with Crippen LogP contribution in [0.1, 0.15) is 18.5 Å². The van der Waals surface area contributed by atoms with Crippen LogP contribution in [0.5, 0.6) is 5.75 Å². The molecule has 0 atom stereocenters. The first-order valence-electron chi connectivity index (χ1n) is 4.87. The molecule has 0 amide bonds. The number of aromatic nitrogens is 1. The third-order valence-corrected chi connectivity index (χ3v) is 2.14. The molecule has 4 heteroatoms. The van der Waals surface area contributed by atoms with Crippen LogP contribution < -0.4 is 15.8 Å². The number of hydrogen-bond acceptors (Lipinski definition) is 4. The number of pyridine rings is 1. The zero-order valence-corrected chi connectivity index (χ0v) is 8.29. The lowest BCUT2D eigenvalue weighted by molar-refractivity contribution is 0.302. The number of hydrogen-bond donors (Lipinski definition) is 2. The Bertz CT molecular complexity index is 301. The van der Waals surface area contributed by atoms with E-state index in [1.165, 1.54) is 0 Å². The van der Waals surface area contributed by atoms with E-state index in [4.69, 9.17) is 10.5 Å². The predicted molar refractivity (Wildman–Crippen MR) is 55.3 cm³/mol. The van der Waals surface area contributed by atoms with Gasteiger partial charge in [-0.25, -0.2) is 4.98 Å². The summed E-state index contributed by atoms with van der Waals surface area (Å²) in [5.74, 6) is 1.68. The Labute approximate surface area is 83.5 Å². The topological polar surface area (TPSA) is 60.2 Å². The lowest BCUT2D eigenvalue weighted by Crippen LogP contribution is -2.04. The van der Waals surface area contributed by atoms with Gasteiger partial charge in [-0.2, -0.15) is 0 Å². The molecule has 0 aromatic carbocycles. The van der Waals surface area contributed by atoms with E-state index in [1.807, 2.05) is 19.2 Å². The minimum Gasteiger partial charge on any atom is -0.490 e. The van der Waals surface area contributed by atoms with Gasteiger partial charge < -0.3 is 15.8 Å². The second-order valence-electron chi connectivity index (χ2n) is 3.45. The summed E-state index contributed by atoms with van der Waals surface area (Å²) in [6.45, 7) is 0.441. The second kappa shape index (κ2) is 3.84. The van der Waals surface area contributed by atoms with Gasteiger partial charge in [-0.1, -0.05) is 0 Å². The van der Waals surface area contributed by atoms with Crippen molar-refractivity contribution in [2.45, 2.75) is 25.5 Å². The molecule has 76 valence electrons. The monoisotopic (exact) mass is 193 g/mol. The van der Waals surface area contributed by atoms with E-state index in [0.717, 1.165) is 30.1 Å². The predicted octanol–water partition coefficient (Wildman–Crippen LogP) is 1.12. The summed E-state index contributed by atoms with van der Waals surface area (Å²) in [6, 6.07) is 3.80. The molecule has 14 heavy (non-hydrogen) atoms. The molecule has 1 aromatic rings. The Hall–Kier alpha value is -1.29. The average Bonchev–Trinajstić information content (AvgIpc) is 3.01. The maximum absolute atomic E-state index is 5.67.